The third-order valence-electron chi connectivity index (χ3n) is 4.73. The van der Waals surface area contributed by atoms with E-state index in [1.807, 2.05) is 31.2 Å². The summed E-state index contributed by atoms with van der Waals surface area (Å²) in [6, 6.07) is 13.9. The number of piperazine rings is 1. The van der Waals surface area contributed by atoms with Crippen molar-refractivity contribution in [3.05, 3.63) is 65.5 Å². The van der Waals surface area contributed by atoms with Gasteiger partial charge < -0.3 is 14.5 Å². The summed E-state index contributed by atoms with van der Waals surface area (Å²) in [7, 11) is 0. The molecule has 1 aliphatic heterocycles. The quantitative estimate of drug-likeness (QED) is 0.812. The van der Waals surface area contributed by atoms with E-state index in [4.69, 9.17) is 4.74 Å². The third kappa shape index (κ3) is 4.84. The Morgan fingerprint density at radius 3 is 2.19 bits per heavy atom. The predicted octanol–water partition coefficient (Wildman–Crippen LogP) is 2.43. The van der Waals surface area contributed by atoms with Gasteiger partial charge in [-0.1, -0.05) is 36.4 Å². The van der Waals surface area contributed by atoms with Gasteiger partial charge in [0.2, 0.25) is 5.91 Å². The van der Waals surface area contributed by atoms with Gasteiger partial charge in [0, 0.05) is 26.2 Å². The molecule has 1 fully saturated rings. The molecule has 2 amide bonds. The van der Waals surface area contributed by atoms with E-state index in [1.54, 1.807) is 28.0 Å². The molecule has 0 saturated carbocycles. The molecular weight excluding hydrogens is 347 g/mol. The minimum Gasteiger partial charge on any atom is -0.484 e. The van der Waals surface area contributed by atoms with Crippen LogP contribution >= 0.6 is 0 Å². The Morgan fingerprint density at radius 2 is 1.52 bits per heavy atom. The molecule has 0 bridgehead atoms. The highest BCUT2D eigenvalue weighted by molar-refractivity contribution is 5.80. The first-order valence-corrected chi connectivity index (χ1v) is 9.02. The smallest absolute Gasteiger partial charge is 0.260 e. The molecule has 1 aliphatic rings. The highest BCUT2D eigenvalue weighted by Gasteiger charge is 2.24. The van der Waals surface area contributed by atoms with Gasteiger partial charge in [0.05, 0.1) is 6.42 Å². The van der Waals surface area contributed by atoms with Crippen LogP contribution in [-0.2, 0) is 16.0 Å². The number of hydrogen-bond acceptors (Lipinski definition) is 3. The molecule has 0 N–H and O–H groups in total. The molecule has 2 aromatic carbocycles. The Bertz CT molecular complexity index is 817. The molecule has 0 spiro atoms. The molecule has 1 saturated heterocycles. The molecule has 27 heavy (non-hydrogen) atoms. The fourth-order valence-corrected chi connectivity index (χ4v) is 3.07. The van der Waals surface area contributed by atoms with Crippen molar-refractivity contribution in [2.24, 2.45) is 0 Å². The van der Waals surface area contributed by atoms with Gasteiger partial charge in [0.25, 0.3) is 5.91 Å². The van der Waals surface area contributed by atoms with E-state index in [0.29, 0.717) is 37.5 Å². The fraction of sp³-hybridized carbons (Fsp3) is 0.333. The van der Waals surface area contributed by atoms with E-state index in [-0.39, 0.29) is 30.7 Å². The molecule has 0 radical (unpaired) electrons. The van der Waals surface area contributed by atoms with Crippen molar-refractivity contribution in [2.45, 2.75) is 13.3 Å². The standard InChI is InChI=1S/C21H23FN2O3/c1-16-6-2-5-9-19(16)27-15-21(26)24-12-10-23(11-13-24)20(25)14-17-7-3-4-8-18(17)22/h2-9H,10-15H2,1H3. The number of ether oxygens (including phenoxy) is 1. The van der Waals surface area contributed by atoms with Gasteiger partial charge in [-0.3, -0.25) is 9.59 Å². The van der Waals surface area contributed by atoms with Crippen molar-refractivity contribution in [3.8, 4) is 5.75 Å². The average Bonchev–Trinajstić information content (AvgIpc) is 2.69. The van der Waals surface area contributed by atoms with Crippen LogP contribution in [0.3, 0.4) is 0 Å². The number of rotatable bonds is 5. The SMILES string of the molecule is Cc1ccccc1OCC(=O)N1CCN(C(=O)Cc2ccccc2F)CC1. The molecule has 0 atom stereocenters. The normalized spacial score (nSPS) is 14.1. The number of carbonyl (C=O) groups excluding carboxylic acids is 2. The molecule has 5 nitrogen and oxygen atoms in total. The van der Waals surface area contributed by atoms with Crippen LogP contribution in [0.5, 0.6) is 5.75 Å². The molecule has 6 heteroatoms. The van der Waals surface area contributed by atoms with Gasteiger partial charge in [-0.2, -0.15) is 0 Å². The number of benzene rings is 2. The summed E-state index contributed by atoms with van der Waals surface area (Å²) in [5, 5.41) is 0. The van der Waals surface area contributed by atoms with Crippen molar-refractivity contribution in [3.63, 3.8) is 0 Å². The van der Waals surface area contributed by atoms with Crippen molar-refractivity contribution in [1.82, 2.24) is 9.80 Å². The Morgan fingerprint density at radius 1 is 0.926 bits per heavy atom. The topological polar surface area (TPSA) is 49.9 Å². The van der Waals surface area contributed by atoms with E-state index in [1.165, 1.54) is 6.07 Å². The lowest BCUT2D eigenvalue weighted by Gasteiger charge is -2.34. The molecule has 0 aromatic heterocycles. The highest BCUT2D eigenvalue weighted by atomic mass is 19.1. The van der Waals surface area contributed by atoms with Crippen molar-refractivity contribution >= 4 is 11.8 Å². The molecular formula is C21H23FN2O3. The lowest BCUT2D eigenvalue weighted by molar-refractivity contribution is -0.140. The summed E-state index contributed by atoms with van der Waals surface area (Å²) in [4.78, 5) is 28.1. The Kier molecular flexibility index (Phi) is 6.06. The minimum atomic E-state index is -0.368. The lowest BCUT2D eigenvalue weighted by atomic mass is 10.1. The summed E-state index contributed by atoms with van der Waals surface area (Å²) >= 11 is 0. The van der Waals surface area contributed by atoms with E-state index in [9.17, 15) is 14.0 Å². The van der Waals surface area contributed by atoms with Gasteiger partial charge in [0.1, 0.15) is 11.6 Å². The van der Waals surface area contributed by atoms with E-state index in [2.05, 4.69) is 0 Å². The van der Waals surface area contributed by atoms with Crippen LogP contribution in [0, 0.1) is 12.7 Å². The van der Waals surface area contributed by atoms with Crippen LogP contribution in [0.2, 0.25) is 0 Å². The first kappa shape index (κ1) is 18.9. The second kappa shape index (κ2) is 8.66. The summed E-state index contributed by atoms with van der Waals surface area (Å²) in [6.07, 6.45) is 0.0387. The lowest BCUT2D eigenvalue weighted by Crippen LogP contribution is -2.52. The van der Waals surface area contributed by atoms with Crippen molar-refractivity contribution in [2.75, 3.05) is 32.8 Å². The first-order valence-electron chi connectivity index (χ1n) is 9.02. The second-order valence-corrected chi connectivity index (χ2v) is 6.58. The maximum Gasteiger partial charge on any atom is 0.260 e. The zero-order valence-electron chi connectivity index (χ0n) is 15.4. The van der Waals surface area contributed by atoms with Crippen molar-refractivity contribution < 1.29 is 18.7 Å². The van der Waals surface area contributed by atoms with Crippen LogP contribution in [0.25, 0.3) is 0 Å². The van der Waals surface area contributed by atoms with Crippen LogP contribution in [0.4, 0.5) is 4.39 Å². The highest BCUT2D eigenvalue weighted by Crippen LogP contribution is 2.16. The first-order chi connectivity index (χ1) is 13.0. The minimum absolute atomic E-state index is 0.0198. The van der Waals surface area contributed by atoms with E-state index < -0.39 is 0 Å². The van der Waals surface area contributed by atoms with Crippen LogP contribution in [0.15, 0.2) is 48.5 Å². The average molecular weight is 370 g/mol. The molecule has 142 valence electrons. The Balaban J connectivity index is 1.47. The summed E-state index contributed by atoms with van der Waals surface area (Å²) in [6.45, 7) is 3.72. The maximum absolute atomic E-state index is 13.7. The second-order valence-electron chi connectivity index (χ2n) is 6.58. The zero-order chi connectivity index (χ0) is 19.2. The Labute approximate surface area is 158 Å². The number of para-hydroxylation sites is 1. The molecule has 2 aromatic rings. The number of carbonyl (C=O) groups is 2. The monoisotopic (exact) mass is 370 g/mol. The van der Waals surface area contributed by atoms with Gasteiger partial charge in [-0.15, -0.1) is 0 Å². The van der Waals surface area contributed by atoms with Gasteiger partial charge >= 0.3 is 0 Å². The zero-order valence-corrected chi connectivity index (χ0v) is 15.4. The third-order valence-corrected chi connectivity index (χ3v) is 4.73. The molecule has 0 aliphatic carbocycles. The number of aryl methyl sites for hydroxylation is 1. The number of hydrogen-bond donors (Lipinski definition) is 0. The fourth-order valence-electron chi connectivity index (χ4n) is 3.07. The number of amides is 2. The van der Waals surface area contributed by atoms with Gasteiger partial charge in [-0.25, -0.2) is 4.39 Å². The number of halogens is 1. The Hall–Kier alpha value is -2.89. The van der Waals surface area contributed by atoms with Crippen LogP contribution in [0.1, 0.15) is 11.1 Å². The van der Waals surface area contributed by atoms with Crippen LogP contribution in [-0.4, -0.2) is 54.4 Å². The summed E-state index contributed by atoms with van der Waals surface area (Å²) in [5.74, 6) is 0.111. The van der Waals surface area contributed by atoms with Crippen LogP contribution < -0.4 is 4.74 Å². The molecule has 3 rings (SSSR count). The van der Waals surface area contributed by atoms with E-state index in [0.717, 1.165) is 5.56 Å². The van der Waals surface area contributed by atoms with Gasteiger partial charge in [-0.05, 0) is 30.2 Å². The van der Waals surface area contributed by atoms with Gasteiger partial charge in [0.15, 0.2) is 6.61 Å². The molecule has 1 heterocycles. The largest absolute Gasteiger partial charge is 0.484 e. The molecule has 0 unspecified atom stereocenters. The number of nitrogens with zero attached hydrogens (tertiary/aromatic N) is 2. The van der Waals surface area contributed by atoms with E-state index >= 15 is 0 Å². The predicted molar refractivity (Wildman–Crippen MR) is 99.9 cm³/mol. The van der Waals surface area contributed by atoms with Crippen molar-refractivity contribution in [1.29, 1.82) is 0 Å². The summed E-state index contributed by atoms with van der Waals surface area (Å²) < 4.78 is 19.3. The summed E-state index contributed by atoms with van der Waals surface area (Å²) in [5.41, 5.74) is 1.38. The maximum atomic E-state index is 13.7.